The standard InChI is InChI=1S/C23H28N6O/c30-23-14-17-6-5-10-19(17)27-29(23)13-12-28-11-4-3-7-18(28)15-25-22-16-24-20-8-1-2-9-21(20)26-22/h1-2,8-9,14,16,18H,3-7,10-13,15H2,(H,25,26). The van der Waals surface area contributed by atoms with Gasteiger partial charge in [0.15, 0.2) is 0 Å². The van der Waals surface area contributed by atoms with Crippen LogP contribution in [0.25, 0.3) is 11.0 Å². The molecule has 3 aromatic rings. The first kappa shape index (κ1) is 19.2. The summed E-state index contributed by atoms with van der Waals surface area (Å²) >= 11 is 0. The summed E-state index contributed by atoms with van der Waals surface area (Å²) in [6.07, 6.45) is 8.52. The Morgan fingerprint density at radius 3 is 2.90 bits per heavy atom. The molecule has 0 radical (unpaired) electrons. The maximum Gasteiger partial charge on any atom is 0.267 e. The fourth-order valence-corrected chi connectivity index (χ4v) is 4.67. The van der Waals surface area contributed by atoms with E-state index < -0.39 is 0 Å². The molecule has 30 heavy (non-hydrogen) atoms. The molecule has 0 bridgehead atoms. The largest absolute Gasteiger partial charge is 0.367 e. The van der Waals surface area contributed by atoms with E-state index in [1.807, 2.05) is 30.5 Å². The number of rotatable bonds is 6. The molecule has 2 aliphatic rings. The number of nitrogens with zero attached hydrogens (tertiary/aromatic N) is 5. The summed E-state index contributed by atoms with van der Waals surface area (Å²) in [5.41, 5.74) is 4.11. The Bertz CT molecular complexity index is 1090. The van der Waals surface area contributed by atoms with Gasteiger partial charge in [0, 0.05) is 25.2 Å². The average molecular weight is 405 g/mol. The highest BCUT2D eigenvalue weighted by atomic mass is 16.1. The molecule has 1 N–H and O–H groups in total. The first-order valence-electron chi connectivity index (χ1n) is 11.1. The number of para-hydroxylation sites is 2. The van der Waals surface area contributed by atoms with Crippen molar-refractivity contribution in [2.75, 3.05) is 25.0 Å². The van der Waals surface area contributed by atoms with Crippen molar-refractivity contribution in [2.45, 2.75) is 51.1 Å². The molecule has 1 fully saturated rings. The molecule has 2 aromatic heterocycles. The van der Waals surface area contributed by atoms with Gasteiger partial charge in [-0.3, -0.25) is 14.7 Å². The van der Waals surface area contributed by atoms with Crippen molar-refractivity contribution < 1.29 is 0 Å². The van der Waals surface area contributed by atoms with Crippen LogP contribution in [0.4, 0.5) is 5.82 Å². The zero-order chi connectivity index (χ0) is 20.3. The van der Waals surface area contributed by atoms with Gasteiger partial charge in [0.2, 0.25) is 0 Å². The lowest BCUT2D eigenvalue weighted by Gasteiger charge is -2.35. The maximum absolute atomic E-state index is 12.4. The van der Waals surface area contributed by atoms with Crippen molar-refractivity contribution in [3.05, 3.63) is 58.1 Å². The highest BCUT2D eigenvalue weighted by Crippen LogP contribution is 2.19. The molecule has 5 rings (SSSR count). The van der Waals surface area contributed by atoms with Crippen LogP contribution in [0.15, 0.2) is 41.3 Å². The van der Waals surface area contributed by atoms with Crippen molar-refractivity contribution in [3.8, 4) is 0 Å². The van der Waals surface area contributed by atoms with Gasteiger partial charge < -0.3 is 5.32 Å². The molecule has 7 heteroatoms. The lowest BCUT2D eigenvalue weighted by molar-refractivity contribution is 0.148. The van der Waals surface area contributed by atoms with Gasteiger partial charge >= 0.3 is 0 Å². The van der Waals surface area contributed by atoms with Crippen LogP contribution in [0.3, 0.4) is 0 Å². The quantitative estimate of drug-likeness (QED) is 0.681. The van der Waals surface area contributed by atoms with Crippen LogP contribution in [0.2, 0.25) is 0 Å². The molecule has 1 unspecified atom stereocenters. The lowest BCUT2D eigenvalue weighted by Crippen LogP contribution is -2.45. The zero-order valence-corrected chi connectivity index (χ0v) is 17.3. The number of benzene rings is 1. The third kappa shape index (κ3) is 4.07. The molecule has 3 heterocycles. The first-order chi connectivity index (χ1) is 14.8. The molecular weight excluding hydrogens is 376 g/mol. The normalized spacial score (nSPS) is 19.1. The summed E-state index contributed by atoms with van der Waals surface area (Å²) in [4.78, 5) is 24.1. The van der Waals surface area contributed by atoms with E-state index in [4.69, 9.17) is 0 Å². The van der Waals surface area contributed by atoms with Gasteiger partial charge in [-0.05, 0) is 56.3 Å². The van der Waals surface area contributed by atoms with Crippen LogP contribution < -0.4 is 10.9 Å². The minimum Gasteiger partial charge on any atom is -0.367 e. The van der Waals surface area contributed by atoms with Gasteiger partial charge in [-0.2, -0.15) is 5.10 Å². The molecule has 7 nitrogen and oxygen atoms in total. The summed E-state index contributed by atoms with van der Waals surface area (Å²) in [5.74, 6) is 0.815. The average Bonchev–Trinajstić information content (AvgIpc) is 3.23. The predicted molar refractivity (Wildman–Crippen MR) is 118 cm³/mol. The van der Waals surface area contributed by atoms with E-state index in [9.17, 15) is 4.79 Å². The van der Waals surface area contributed by atoms with Gasteiger partial charge in [0.25, 0.3) is 5.56 Å². The second kappa shape index (κ2) is 8.52. The van der Waals surface area contributed by atoms with Crippen molar-refractivity contribution in [2.24, 2.45) is 0 Å². The summed E-state index contributed by atoms with van der Waals surface area (Å²) in [7, 11) is 0. The van der Waals surface area contributed by atoms with E-state index in [0.29, 0.717) is 12.6 Å². The van der Waals surface area contributed by atoms with Gasteiger partial charge in [0.1, 0.15) is 5.82 Å². The Morgan fingerprint density at radius 2 is 1.97 bits per heavy atom. The van der Waals surface area contributed by atoms with Crippen LogP contribution in [-0.4, -0.2) is 50.3 Å². The van der Waals surface area contributed by atoms with Gasteiger partial charge in [-0.25, -0.2) is 9.67 Å². The number of aryl methyl sites for hydroxylation is 2. The van der Waals surface area contributed by atoms with Crippen LogP contribution in [0, 0.1) is 0 Å². The molecule has 1 aliphatic carbocycles. The van der Waals surface area contributed by atoms with Crippen LogP contribution >= 0.6 is 0 Å². The van der Waals surface area contributed by atoms with Crippen molar-refractivity contribution >= 4 is 16.9 Å². The Labute approximate surface area is 176 Å². The van der Waals surface area contributed by atoms with Crippen molar-refractivity contribution in [1.29, 1.82) is 0 Å². The molecule has 1 aliphatic heterocycles. The van der Waals surface area contributed by atoms with Gasteiger partial charge in [0.05, 0.1) is 29.5 Å². The number of piperidine rings is 1. The summed E-state index contributed by atoms with van der Waals surface area (Å²) < 4.78 is 1.66. The number of hydrogen-bond acceptors (Lipinski definition) is 6. The Balaban J connectivity index is 1.23. The highest BCUT2D eigenvalue weighted by molar-refractivity contribution is 5.75. The molecule has 0 saturated carbocycles. The minimum atomic E-state index is 0.0359. The molecule has 1 atom stereocenters. The number of hydrogen-bond donors (Lipinski definition) is 1. The third-order valence-corrected chi connectivity index (χ3v) is 6.34. The monoisotopic (exact) mass is 404 g/mol. The van der Waals surface area contributed by atoms with Crippen LogP contribution in [0.1, 0.15) is 36.9 Å². The van der Waals surface area contributed by atoms with E-state index in [2.05, 4.69) is 25.3 Å². The summed E-state index contributed by atoms with van der Waals surface area (Å²) in [6.45, 7) is 3.40. The molecule has 1 saturated heterocycles. The second-order valence-electron chi connectivity index (χ2n) is 8.34. The van der Waals surface area contributed by atoms with E-state index in [1.54, 1.807) is 10.7 Å². The Hall–Kier alpha value is -2.80. The Kier molecular flexibility index (Phi) is 5.45. The van der Waals surface area contributed by atoms with Crippen LogP contribution in [-0.2, 0) is 19.4 Å². The number of aromatic nitrogens is 4. The highest BCUT2D eigenvalue weighted by Gasteiger charge is 2.23. The summed E-state index contributed by atoms with van der Waals surface area (Å²) in [5, 5.41) is 8.11. The summed E-state index contributed by atoms with van der Waals surface area (Å²) in [6, 6.07) is 10.1. The molecule has 156 valence electrons. The van der Waals surface area contributed by atoms with E-state index in [1.165, 1.54) is 12.8 Å². The van der Waals surface area contributed by atoms with E-state index in [-0.39, 0.29) is 5.56 Å². The lowest BCUT2D eigenvalue weighted by atomic mass is 10.0. The number of likely N-dealkylation sites (tertiary alicyclic amines) is 1. The Morgan fingerprint density at radius 1 is 1.07 bits per heavy atom. The minimum absolute atomic E-state index is 0.0359. The SMILES string of the molecule is O=c1cc2c(nn1CCN1CCCCC1CNc1cnc3ccccc3n1)CCC2. The maximum atomic E-state index is 12.4. The molecule has 1 aromatic carbocycles. The third-order valence-electron chi connectivity index (χ3n) is 6.34. The molecule has 0 amide bonds. The number of anilines is 1. The smallest absolute Gasteiger partial charge is 0.267 e. The first-order valence-corrected chi connectivity index (χ1v) is 11.1. The van der Waals surface area contributed by atoms with E-state index >= 15 is 0 Å². The van der Waals surface area contributed by atoms with Gasteiger partial charge in [-0.1, -0.05) is 18.6 Å². The van der Waals surface area contributed by atoms with Crippen LogP contribution in [0.5, 0.6) is 0 Å². The van der Waals surface area contributed by atoms with Crippen molar-refractivity contribution in [1.82, 2.24) is 24.6 Å². The number of nitrogens with one attached hydrogen (secondary N) is 1. The fraction of sp³-hybridized carbons (Fsp3) is 0.478. The second-order valence-corrected chi connectivity index (χ2v) is 8.34. The van der Waals surface area contributed by atoms with E-state index in [0.717, 1.165) is 73.4 Å². The predicted octanol–water partition coefficient (Wildman–Crippen LogP) is 2.64. The zero-order valence-electron chi connectivity index (χ0n) is 17.3. The van der Waals surface area contributed by atoms with Crippen molar-refractivity contribution in [3.63, 3.8) is 0 Å². The van der Waals surface area contributed by atoms with Gasteiger partial charge in [-0.15, -0.1) is 0 Å². The topological polar surface area (TPSA) is 75.9 Å². The molecule has 0 spiro atoms. The fourth-order valence-electron chi connectivity index (χ4n) is 4.67. The molecular formula is C23H28N6O. The number of fused-ring (bicyclic) bond motifs is 2.